The van der Waals surface area contributed by atoms with Gasteiger partial charge in [0.05, 0.1) is 18.8 Å². The summed E-state index contributed by atoms with van der Waals surface area (Å²) >= 11 is 0. The summed E-state index contributed by atoms with van der Waals surface area (Å²) < 4.78 is 43.7. The molecule has 1 saturated heterocycles. The summed E-state index contributed by atoms with van der Waals surface area (Å²) in [6.45, 7) is 4.44. The number of aryl methyl sites for hydroxylation is 1. The minimum absolute atomic E-state index is 0.329. The Balaban J connectivity index is 1.83. The van der Waals surface area contributed by atoms with Gasteiger partial charge in [0.2, 0.25) is 0 Å². The minimum Gasteiger partial charge on any atom is -0.378 e. The van der Waals surface area contributed by atoms with Crippen LogP contribution in [0.4, 0.5) is 30.5 Å². The quantitative estimate of drug-likeness (QED) is 0.930. The molecule has 3 rings (SSSR count). The molecule has 1 fully saturated rings. The van der Waals surface area contributed by atoms with Crippen LogP contribution in [0.3, 0.4) is 0 Å². The predicted octanol–water partition coefficient (Wildman–Crippen LogP) is 3.38. The Labute approximate surface area is 137 Å². The van der Waals surface area contributed by atoms with Crippen LogP contribution in [-0.4, -0.2) is 36.3 Å². The van der Waals surface area contributed by atoms with Gasteiger partial charge in [-0.15, -0.1) is 0 Å². The number of alkyl halides is 3. The predicted molar refractivity (Wildman–Crippen MR) is 84.5 cm³/mol. The number of morpholine rings is 1. The van der Waals surface area contributed by atoms with Crippen LogP contribution in [-0.2, 0) is 10.9 Å². The van der Waals surface area contributed by atoms with Crippen molar-refractivity contribution in [3.8, 4) is 0 Å². The van der Waals surface area contributed by atoms with Crippen LogP contribution in [0.2, 0.25) is 0 Å². The zero-order valence-corrected chi connectivity index (χ0v) is 13.1. The van der Waals surface area contributed by atoms with E-state index in [0.29, 0.717) is 30.5 Å². The number of aromatic nitrogens is 2. The van der Waals surface area contributed by atoms with E-state index < -0.39 is 11.7 Å². The van der Waals surface area contributed by atoms with Crippen molar-refractivity contribution in [1.82, 2.24) is 9.97 Å². The summed E-state index contributed by atoms with van der Waals surface area (Å²) in [6, 6.07) is 6.77. The fraction of sp³-hybridized carbons (Fsp3) is 0.375. The van der Waals surface area contributed by atoms with Crippen molar-refractivity contribution in [3.05, 3.63) is 41.7 Å². The van der Waals surface area contributed by atoms with Crippen molar-refractivity contribution in [2.75, 3.05) is 36.5 Å². The summed E-state index contributed by atoms with van der Waals surface area (Å²) in [5, 5.41) is 2.93. The van der Waals surface area contributed by atoms with E-state index in [2.05, 4.69) is 20.2 Å². The summed E-state index contributed by atoms with van der Waals surface area (Å²) in [5.41, 5.74) is -0.373. The normalized spacial score (nSPS) is 15.4. The van der Waals surface area contributed by atoms with E-state index in [-0.39, 0.29) is 0 Å². The molecule has 128 valence electrons. The zero-order chi connectivity index (χ0) is 17.2. The third kappa shape index (κ3) is 3.94. The molecule has 0 spiro atoms. The Kier molecular flexibility index (Phi) is 4.57. The first-order chi connectivity index (χ1) is 11.4. The summed E-state index contributed by atoms with van der Waals surface area (Å²) in [7, 11) is 0. The molecule has 1 aliphatic rings. The van der Waals surface area contributed by atoms with E-state index in [1.807, 2.05) is 0 Å². The topological polar surface area (TPSA) is 50.3 Å². The van der Waals surface area contributed by atoms with E-state index >= 15 is 0 Å². The molecule has 5 nitrogen and oxygen atoms in total. The average Bonchev–Trinajstić information content (AvgIpc) is 2.54. The van der Waals surface area contributed by atoms with Crippen LogP contribution in [0, 0.1) is 6.92 Å². The molecule has 1 aromatic carbocycles. The zero-order valence-electron chi connectivity index (χ0n) is 13.1. The number of ether oxygens (including phenoxy) is 1. The van der Waals surface area contributed by atoms with Gasteiger partial charge in [0.15, 0.2) is 0 Å². The van der Waals surface area contributed by atoms with Crippen molar-refractivity contribution < 1.29 is 17.9 Å². The average molecular weight is 338 g/mol. The van der Waals surface area contributed by atoms with E-state index in [1.165, 1.54) is 6.07 Å². The number of rotatable bonds is 3. The first-order valence-electron chi connectivity index (χ1n) is 7.54. The number of hydrogen-bond acceptors (Lipinski definition) is 5. The Morgan fingerprint density at radius 3 is 2.58 bits per heavy atom. The van der Waals surface area contributed by atoms with Gasteiger partial charge in [-0.05, 0) is 25.1 Å². The lowest BCUT2D eigenvalue weighted by Gasteiger charge is -2.28. The third-order valence-electron chi connectivity index (χ3n) is 3.62. The Morgan fingerprint density at radius 1 is 1.12 bits per heavy atom. The highest BCUT2D eigenvalue weighted by Crippen LogP contribution is 2.31. The van der Waals surface area contributed by atoms with Crippen molar-refractivity contribution in [1.29, 1.82) is 0 Å². The molecule has 1 aliphatic heterocycles. The minimum atomic E-state index is -4.38. The molecule has 2 heterocycles. The highest BCUT2D eigenvalue weighted by atomic mass is 19.4. The van der Waals surface area contributed by atoms with Crippen LogP contribution < -0.4 is 10.2 Å². The summed E-state index contributed by atoms with van der Waals surface area (Å²) in [5.74, 6) is 1.75. The Morgan fingerprint density at radius 2 is 1.88 bits per heavy atom. The molecule has 0 bridgehead atoms. The maximum absolute atomic E-state index is 12.8. The lowest BCUT2D eigenvalue weighted by Crippen LogP contribution is -2.36. The fourth-order valence-corrected chi connectivity index (χ4v) is 2.49. The molecule has 0 aliphatic carbocycles. The SMILES string of the molecule is Cc1nc(Nc2cccc(C(F)(F)F)c2)cc(N2CCOCC2)n1. The molecular weight excluding hydrogens is 321 g/mol. The molecule has 8 heteroatoms. The smallest absolute Gasteiger partial charge is 0.378 e. The number of nitrogens with zero attached hydrogens (tertiary/aromatic N) is 3. The monoisotopic (exact) mass is 338 g/mol. The van der Waals surface area contributed by atoms with E-state index in [1.54, 1.807) is 19.1 Å². The number of hydrogen-bond donors (Lipinski definition) is 1. The van der Waals surface area contributed by atoms with Gasteiger partial charge in [-0.3, -0.25) is 0 Å². The third-order valence-corrected chi connectivity index (χ3v) is 3.62. The summed E-state index contributed by atoms with van der Waals surface area (Å²) in [4.78, 5) is 10.7. The summed E-state index contributed by atoms with van der Waals surface area (Å²) in [6.07, 6.45) is -4.38. The molecule has 0 atom stereocenters. The van der Waals surface area contributed by atoms with Crippen LogP contribution in [0.25, 0.3) is 0 Å². The van der Waals surface area contributed by atoms with Gasteiger partial charge >= 0.3 is 6.18 Å². The number of halogens is 3. The number of nitrogens with one attached hydrogen (secondary N) is 1. The fourth-order valence-electron chi connectivity index (χ4n) is 2.49. The van der Waals surface area contributed by atoms with E-state index in [0.717, 1.165) is 31.0 Å². The standard InChI is InChI=1S/C16H17F3N4O/c1-11-20-14(10-15(21-11)23-5-7-24-8-6-23)22-13-4-2-3-12(9-13)16(17,18)19/h2-4,9-10H,5-8H2,1H3,(H,20,21,22). The lowest BCUT2D eigenvalue weighted by atomic mass is 10.2. The number of benzene rings is 1. The molecule has 2 aromatic rings. The van der Waals surface area contributed by atoms with Crippen molar-refractivity contribution in [3.63, 3.8) is 0 Å². The number of anilines is 3. The molecule has 0 unspecified atom stereocenters. The van der Waals surface area contributed by atoms with Crippen LogP contribution in [0.5, 0.6) is 0 Å². The van der Waals surface area contributed by atoms with Crippen LogP contribution in [0.15, 0.2) is 30.3 Å². The van der Waals surface area contributed by atoms with Crippen molar-refractivity contribution >= 4 is 17.3 Å². The first kappa shape index (κ1) is 16.5. The second-order valence-electron chi connectivity index (χ2n) is 5.46. The van der Waals surface area contributed by atoms with Gasteiger partial charge in [0, 0.05) is 24.8 Å². The lowest BCUT2D eigenvalue weighted by molar-refractivity contribution is -0.137. The first-order valence-corrected chi connectivity index (χ1v) is 7.54. The molecule has 1 aromatic heterocycles. The maximum atomic E-state index is 12.8. The van der Waals surface area contributed by atoms with Gasteiger partial charge in [-0.1, -0.05) is 6.07 Å². The van der Waals surface area contributed by atoms with Crippen molar-refractivity contribution in [2.45, 2.75) is 13.1 Å². The molecular formula is C16H17F3N4O. The van der Waals surface area contributed by atoms with E-state index in [4.69, 9.17) is 4.74 Å². The van der Waals surface area contributed by atoms with Gasteiger partial charge in [-0.25, -0.2) is 9.97 Å². The Bertz CT molecular complexity index is 715. The van der Waals surface area contributed by atoms with E-state index in [9.17, 15) is 13.2 Å². The largest absolute Gasteiger partial charge is 0.416 e. The molecule has 1 N–H and O–H groups in total. The van der Waals surface area contributed by atoms with Gasteiger partial charge in [-0.2, -0.15) is 13.2 Å². The van der Waals surface area contributed by atoms with Gasteiger partial charge < -0.3 is 15.0 Å². The second kappa shape index (κ2) is 6.64. The second-order valence-corrected chi connectivity index (χ2v) is 5.46. The Hall–Kier alpha value is -2.35. The van der Waals surface area contributed by atoms with Crippen LogP contribution >= 0.6 is 0 Å². The highest BCUT2D eigenvalue weighted by Gasteiger charge is 2.30. The molecule has 0 radical (unpaired) electrons. The van der Waals surface area contributed by atoms with Crippen LogP contribution in [0.1, 0.15) is 11.4 Å². The molecule has 0 amide bonds. The highest BCUT2D eigenvalue weighted by molar-refractivity contribution is 5.60. The van der Waals surface area contributed by atoms with Gasteiger partial charge in [0.1, 0.15) is 17.5 Å². The maximum Gasteiger partial charge on any atom is 0.416 e. The van der Waals surface area contributed by atoms with Crippen molar-refractivity contribution in [2.24, 2.45) is 0 Å². The molecule has 24 heavy (non-hydrogen) atoms. The molecule has 0 saturated carbocycles. The van der Waals surface area contributed by atoms with Gasteiger partial charge in [0.25, 0.3) is 0 Å².